The molecule has 4 nitrogen and oxygen atoms in total. The number of oxazole rings is 1. The summed E-state index contributed by atoms with van der Waals surface area (Å²) in [5, 5.41) is 0. The van der Waals surface area contributed by atoms with Gasteiger partial charge in [-0.25, -0.2) is 4.98 Å². The van der Waals surface area contributed by atoms with Crippen LogP contribution in [-0.2, 0) is 0 Å². The maximum Gasteiger partial charge on any atom is 0.192 e. The van der Waals surface area contributed by atoms with Crippen molar-refractivity contribution >= 4 is 35.0 Å². The van der Waals surface area contributed by atoms with Gasteiger partial charge in [0.15, 0.2) is 11.5 Å². The molecule has 0 saturated carbocycles. The van der Waals surface area contributed by atoms with Crippen molar-refractivity contribution in [2.75, 3.05) is 4.72 Å². The molecule has 3 aromatic rings. The van der Waals surface area contributed by atoms with Gasteiger partial charge in [0.2, 0.25) is 0 Å². The van der Waals surface area contributed by atoms with Crippen molar-refractivity contribution in [1.29, 1.82) is 0 Å². The second-order valence-corrected chi connectivity index (χ2v) is 5.13. The van der Waals surface area contributed by atoms with Crippen LogP contribution in [0.5, 0.6) is 0 Å². The molecule has 0 aliphatic carbocycles. The molecule has 0 unspecified atom stereocenters. The number of nitrogens with one attached hydrogen (secondary N) is 1. The maximum absolute atomic E-state index is 10.6. The third-order valence-electron chi connectivity index (χ3n) is 2.81. The van der Waals surface area contributed by atoms with E-state index in [1.807, 2.05) is 37.3 Å². The number of aldehydes is 1. The Morgan fingerprint density at radius 3 is 2.75 bits per heavy atom. The predicted molar refractivity (Wildman–Crippen MR) is 80.1 cm³/mol. The highest BCUT2D eigenvalue weighted by Crippen LogP contribution is 2.28. The molecule has 5 heteroatoms. The number of fused-ring (bicyclic) bond motifs is 1. The Morgan fingerprint density at radius 2 is 2.00 bits per heavy atom. The molecular weight excluding hydrogens is 272 g/mol. The van der Waals surface area contributed by atoms with Crippen LogP contribution in [0.2, 0.25) is 0 Å². The molecule has 0 aliphatic heterocycles. The van der Waals surface area contributed by atoms with Crippen molar-refractivity contribution in [3.05, 3.63) is 53.9 Å². The van der Waals surface area contributed by atoms with Gasteiger partial charge in [0, 0.05) is 18.2 Å². The average molecular weight is 284 g/mol. The number of carbonyl (C=O) groups excluding carboxylic acids is 1. The fourth-order valence-corrected chi connectivity index (χ4v) is 2.61. The Hall–Kier alpha value is -2.27. The van der Waals surface area contributed by atoms with Crippen LogP contribution in [0.25, 0.3) is 11.1 Å². The Balaban J connectivity index is 1.80. The van der Waals surface area contributed by atoms with E-state index < -0.39 is 0 Å². The first-order valence-electron chi connectivity index (χ1n) is 6.10. The summed E-state index contributed by atoms with van der Waals surface area (Å²) in [5.74, 6) is 0.656. The van der Waals surface area contributed by atoms with Crippen molar-refractivity contribution in [1.82, 2.24) is 4.98 Å². The molecule has 0 atom stereocenters. The number of anilines is 1. The number of hydrogen-bond acceptors (Lipinski definition) is 5. The lowest BCUT2D eigenvalue weighted by atomic mass is 10.2. The topological polar surface area (TPSA) is 55.1 Å². The van der Waals surface area contributed by atoms with Gasteiger partial charge in [0.1, 0.15) is 11.8 Å². The Bertz CT molecular complexity index is 750. The summed E-state index contributed by atoms with van der Waals surface area (Å²) in [5.41, 5.74) is 3.23. The number of aryl methyl sites for hydroxylation is 1. The molecule has 1 heterocycles. The largest absolute Gasteiger partial charge is 0.441 e. The molecule has 2 aromatic carbocycles. The number of benzene rings is 2. The molecule has 0 saturated heterocycles. The van der Waals surface area contributed by atoms with Gasteiger partial charge in [-0.1, -0.05) is 6.07 Å². The van der Waals surface area contributed by atoms with E-state index in [0.717, 1.165) is 28.0 Å². The monoisotopic (exact) mass is 284 g/mol. The summed E-state index contributed by atoms with van der Waals surface area (Å²) in [6.07, 6.45) is 0.829. The highest BCUT2D eigenvalue weighted by molar-refractivity contribution is 8.00. The molecule has 0 fully saturated rings. The molecular formula is C15H12N2O2S. The third kappa shape index (κ3) is 2.53. The summed E-state index contributed by atoms with van der Waals surface area (Å²) in [7, 11) is 0. The average Bonchev–Trinajstić information content (AvgIpc) is 2.86. The summed E-state index contributed by atoms with van der Waals surface area (Å²) >= 11 is 1.47. The minimum Gasteiger partial charge on any atom is -0.441 e. The highest BCUT2D eigenvalue weighted by Gasteiger charge is 2.07. The summed E-state index contributed by atoms with van der Waals surface area (Å²) < 4.78 is 8.73. The Labute approximate surface area is 120 Å². The molecule has 0 bridgehead atoms. The first kappa shape index (κ1) is 12.7. The van der Waals surface area contributed by atoms with Gasteiger partial charge in [-0.05, 0) is 48.3 Å². The molecule has 0 aliphatic rings. The predicted octanol–water partition coefficient (Wildman–Crippen LogP) is 4.07. The quantitative estimate of drug-likeness (QED) is 0.578. The zero-order valence-corrected chi connectivity index (χ0v) is 11.6. The van der Waals surface area contributed by atoms with Gasteiger partial charge in [-0.15, -0.1) is 0 Å². The highest BCUT2D eigenvalue weighted by atomic mass is 32.2. The van der Waals surface area contributed by atoms with E-state index in [2.05, 4.69) is 9.71 Å². The Morgan fingerprint density at radius 1 is 1.20 bits per heavy atom. The number of hydrogen-bond donors (Lipinski definition) is 1. The molecule has 0 radical (unpaired) electrons. The molecule has 0 amide bonds. The maximum atomic E-state index is 10.6. The van der Waals surface area contributed by atoms with Gasteiger partial charge in [-0.3, -0.25) is 4.79 Å². The van der Waals surface area contributed by atoms with Crippen molar-refractivity contribution in [2.45, 2.75) is 11.8 Å². The van der Waals surface area contributed by atoms with E-state index in [4.69, 9.17) is 4.42 Å². The van der Waals surface area contributed by atoms with E-state index in [0.29, 0.717) is 11.5 Å². The van der Waals surface area contributed by atoms with Gasteiger partial charge in [0.25, 0.3) is 0 Å². The van der Waals surface area contributed by atoms with Gasteiger partial charge >= 0.3 is 0 Å². The van der Waals surface area contributed by atoms with Crippen molar-refractivity contribution in [2.24, 2.45) is 0 Å². The molecule has 20 heavy (non-hydrogen) atoms. The lowest BCUT2D eigenvalue weighted by Gasteiger charge is -2.05. The van der Waals surface area contributed by atoms with Crippen LogP contribution < -0.4 is 4.72 Å². The lowest BCUT2D eigenvalue weighted by Crippen LogP contribution is -1.88. The van der Waals surface area contributed by atoms with Crippen LogP contribution >= 0.6 is 11.9 Å². The number of nitrogens with zero attached hydrogens (tertiary/aromatic N) is 1. The molecule has 1 aromatic heterocycles. The molecule has 3 rings (SSSR count). The van der Waals surface area contributed by atoms with Crippen LogP contribution in [0, 0.1) is 6.92 Å². The summed E-state index contributed by atoms with van der Waals surface area (Å²) in [4.78, 5) is 16.0. The number of carbonyl (C=O) groups is 1. The minimum absolute atomic E-state index is 0.656. The first-order valence-corrected chi connectivity index (χ1v) is 6.92. The summed E-state index contributed by atoms with van der Waals surface area (Å²) in [6.45, 7) is 1.83. The van der Waals surface area contributed by atoms with E-state index in [1.165, 1.54) is 11.9 Å². The van der Waals surface area contributed by atoms with Crippen molar-refractivity contribution in [3.63, 3.8) is 0 Å². The zero-order valence-electron chi connectivity index (χ0n) is 10.8. The standard InChI is InChI=1S/C15H12N2O2S/c1-10-16-15-13(19-10)3-2-4-14(15)20-17-12-7-5-11(9-18)6-8-12/h2-9,17H,1H3. The summed E-state index contributed by atoms with van der Waals surface area (Å²) in [6, 6.07) is 13.1. The molecule has 1 N–H and O–H groups in total. The fourth-order valence-electron chi connectivity index (χ4n) is 1.86. The van der Waals surface area contributed by atoms with Crippen molar-refractivity contribution < 1.29 is 9.21 Å². The van der Waals surface area contributed by atoms with Gasteiger partial charge in [0.05, 0.1) is 4.90 Å². The van der Waals surface area contributed by atoms with Crippen LogP contribution in [-0.4, -0.2) is 11.3 Å². The van der Waals surface area contributed by atoms with Gasteiger partial charge < -0.3 is 9.14 Å². The van der Waals surface area contributed by atoms with E-state index in [1.54, 1.807) is 12.1 Å². The van der Waals surface area contributed by atoms with Gasteiger partial charge in [-0.2, -0.15) is 0 Å². The zero-order chi connectivity index (χ0) is 13.9. The SMILES string of the molecule is Cc1nc2c(SNc3ccc(C=O)cc3)cccc2o1. The number of aromatic nitrogens is 1. The number of para-hydroxylation sites is 1. The normalized spacial score (nSPS) is 10.7. The van der Waals surface area contributed by atoms with Crippen LogP contribution in [0.15, 0.2) is 51.8 Å². The van der Waals surface area contributed by atoms with Crippen LogP contribution in [0.1, 0.15) is 16.2 Å². The van der Waals surface area contributed by atoms with Crippen LogP contribution in [0.3, 0.4) is 0 Å². The Kier molecular flexibility index (Phi) is 3.43. The van der Waals surface area contributed by atoms with E-state index in [-0.39, 0.29) is 0 Å². The second kappa shape index (κ2) is 5.38. The first-order chi connectivity index (χ1) is 9.76. The fraction of sp³-hybridized carbons (Fsp3) is 0.0667. The smallest absolute Gasteiger partial charge is 0.192 e. The minimum atomic E-state index is 0.656. The van der Waals surface area contributed by atoms with E-state index >= 15 is 0 Å². The molecule has 100 valence electrons. The lowest BCUT2D eigenvalue weighted by molar-refractivity contribution is 0.112. The number of rotatable bonds is 4. The third-order valence-corrected chi connectivity index (χ3v) is 3.70. The molecule has 0 spiro atoms. The van der Waals surface area contributed by atoms with E-state index in [9.17, 15) is 4.79 Å². The second-order valence-electron chi connectivity index (χ2n) is 4.28. The van der Waals surface area contributed by atoms with Crippen LogP contribution in [0.4, 0.5) is 5.69 Å². The van der Waals surface area contributed by atoms with Crippen molar-refractivity contribution in [3.8, 4) is 0 Å².